The van der Waals surface area contributed by atoms with Crippen molar-refractivity contribution in [2.24, 2.45) is 16.7 Å². The van der Waals surface area contributed by atoms with Crippen LogP contribution in [0.5, 0.6) is 0 Å². The van der Waals surface area contributed by atoms with Gasteiger partial charge in [0.25, 0.3) is 5.91 Å². The number of ketones is 2. The summed E-state index contributed by atoms with van der Waals surface area (Å²) < 4.78 is 37.7. The highest BCUT2D eigenvalue weighted by Crippen LogP contribution is 2.65. The summed E-state index contributed by atoms with van der Waals surface area (Å²) in [5.74, 6) is -8.22. The van der Waals surface area contributed by atoms with Gasteiger partial charge in [-0.25, -0.2) is 9.59 Å². The smallest absolute Gasteiger partial charge is 0.338 e. The quantitative estimate of drug-likeness (QED) is 0.0384. The minimum atomic E-state index is -2.51. The number of hydrogen-bond acceptors (Lipinski definition) is 16. The Hall–Kier alpha value is -8.12. The summed E-state index contributed by atoms with van der Waals surface area (Å²) in [7, 11) is 0. The number of esters is 5. The molecule has 0 spiro atoms. The van der Waals surface area contributed by atoms with Gasteiger partial charge in [0.15, 0.2) is 29.4 Å². The highest BCUT2D eigenvalue weighted by molar-refractivity contribution is 6.09. The molecule has 11 atom stereocenters. The first kappa shape index (κ1) is 56.6. The largest absolute Gasteiger partial charge is 0.461 e. The molecule has 2 saturated carbocycles. The van der Waals surface area contributed by atoms with Crippen molar-refractivity contribution in [3.63, 3.8) is 0 Å². The standard InChI is InChI=1S/C63H63NO16/c1-36-45(77-59(73)52(69)50(40-21-11-7-12-22-40)64-57(71)42-25-15-9-16-26-42)34-63(74)56(79-58(72)43-27-17-10-18-28-43)54-61(6,55(70)53(76-37(2)65)49(36)60(63,4)5)46(33-47-62(54,35-75-47)80-38(3)66)78-48(67)31-30-39-20-19-29-44(32-39)51(68)41-23-13-8-14-24-41/h7-29,32,45-47,50,52-54,56,69,74H,30-31,33-35H2,1-6H3,(H,64,71)/t45-,46-,47?,50-,52+,53+,54?,56?,61+,62-,63+/m0/s1. The van der Waals surface area contributed by atoms with Gasteiger partial charge in [-0.2, -0.15) is 0 Å². The molecule has 17 nitrogen and oxygen atoms in total. The molecule has 0 radical (unpaired) electrons. The van der Waals surface area contributed by atoms with Crippen LogP contribution in [0.15, 0.2) is 157 Å². The fraction of sp³-hybridized carbons (Fsp3) is 0.365. The Labute approximate surface area is 462 Å². The number of hydrogen-bond donors (Lipinski definition) is 3. The first-order chi connectivity index (χ1) is 38.1. The average molecular weight is 1090 g/mol. The molecule has 5 aromatic rings. The molecule has 5 aromatic carbocycles. The van der Waals surface area contributed by atoms with E-state index in [4.69, 9.17) is 28.4 Å². The summed E-state index contributed by atoms with van der Waals surface area (Å²) in [4.78, 5) is 114. The molecule has 80 heavy (non-hydrogen) atoms. The Morgan fingerprint density at radius 2 is 1.30 bits per heavy atom. The lowest BCUT2D eigenvalue weighted by molar-refractivity contribution is -0.346. The van der Waals surface area contributed by atoms with Gasteiger partial charge in [0.2, 0.25) is 0 Å². The minimum Gasteiger partial charge on any atom is -0.461 e. The van der Waals surface area contributed by atoms with Gasteiger partial charge < -0.3 is 44.0 Å². The lowest BCUT2D eigenvalue weighted by Gasteiger charge is -2.67. The van der Waals surface area contributed by atoms with Crippen LogP contribution in [0.1, 0.15) is 115 Å². The summed E-state index contributed by atoms with van der Waals surface area (Å²) in [5.41, 5.74) is -6.18. The lowest BCUT2D eigenvalue weighted by Crippen LogP contribution is -2.82. The van der Waals surface area contributed by atoms with Gasteiger partial charge in [-0.3, -0.25) is 28.8 Å². The van der Waals surface area contributed by atoms with E-state index in [1.165, 1.54) is 26.0 Å². The molecular weight excluding hydrogens is 1030 g/mol. The van der Waals surface area contributed by atoms with E-state index in [9.17, 15) is 43.8 Å². The minimum absolute atomic E-state index is 0.0245. The number of ether oxygens (including phenoxy) is 6. The number of rotatable bonds is 16. The number of Topliss-reactive ketones (excluding diaryl/α,β-unsaturated/α-hetero) is 1. The molecule has 9 rings (SSSR count). The lowest BCUT2D eigenvalue weighted by atomic mass is 9.44. The van der Waals surface area contributed by atoms with Gasteiger partial charge in [0.05, 0.1) is 29.5 Å². The molecule has 1 saturated heterocycles. The van der Waals surface area contributed by atoms with Gasteiger partial charge in [0.1, 0.15) is 30.0 Å². The molecule has 3 N–H and O–H groups in total. The monoisotopic (exact) mass is 1090 g/mol. The van der Waals surface area contributed by atoms with Crippen molar-refractivity contribution in [2.45, 2.75) is 121 Å². The SMILES string of the molecule is CC(=O)O[C@H]1C(=O)[C@@]2(C)C(C(OC(=O)c3ccccc3)[C@]3(O)C[C@H](OC(=O)[C@H](O)[C@@H](NC(=O)c4ccccc4)c4ccccc4)C(C)=C1C3(C)C)[C@]1(OC(C)=O)COC1C[C@@H]2OC(=O)CCc1cccc(C(=O)c2ccccc2)c1. The van der Waals surface area contributed by atoms with Gasteiger partial charge in [-0.05, 0) is 72.9 Å². The summed E-state index contributed by atoms with van der Waals surface area (Å²) in [6, 6.07) is 38.3. The maximum absolute atomic E-state index is 16.4. The Morgan fingerprint density at radius 3 is 1.89 bits per heavy atom. The van der Waals surface area contributed by atoms with E-state index < -0.39 is 119 Å². The highest BCUT2D eigenvalue weighted by atomic mass is 16.6. The predicted octanol–water partition coefficient (Wildman–Crippen LogP) is 7.15. The maximum Gasteiger partial charge on any atom is 0.338 e. The Balaban J connectivity index is 1.15. The third-order valence-electron chi connectivity index (χ3n) is 16.6. The van der Waals surface area contributed by atoms with Crippen LogP contribution in [0, 0.1) is 16.7 Å². The van der Waals surface area contributed by atoms with Crippen LogP contribution in [0.3, 0.4) is 0 Å². The van der Waals surface area contributed by atoms with Crippen molar-refractivity contribution in [1.29, 1.82) is 0 Å². The van der Waals surface area contributed by atoms with Crippen LogP contribution < -0.4 is 5.32 Å². The van der Waals surface area contributed by atoms with Crippen molar-refractivity contribution in [2.75, 3.05) is 6.61 Å². The van der Waals surface area contributed by atoms with Crippen molar-refractivity contribution in [3.8, 4) is 0 Å². The summed E-state index contributed by atoms with van der Waals surface area (Å²) >= 11 is 0. The van der Waals surface area contributed by atoms with E-state index in [1.807, 2.05) is 0 Å². The highest BCUT2D eigenvalue weighted by Gasteiger charge is 2.79. The Kier molecular flexibility index (Phi) is 16.0. The topological polar surface area (TPSA) is 244 Å². The number of fused-ring (bicyclic) bond motifs is 5. The number of aliphatic hydroxyl groups excluding tert-OH is 1. The molecule has 0 aromatic heterocycles. The predicted molar refractivity (Wildman–Crippen MR) is 286 cm³/mol. The van der Waals surface area contributed by atoms with Crippen LogP contribution >= 0.6 is 0 Å². The second kappa shape index (κ2) is 22.6. The number of carbonyl (C=O) groups is 8. The van der Waals surface area contributed by atoms with Gasteiger partial charge >= 0.3 is 29.8 Å². The van der Waals surface area contributed by atoms with Crippen LogP contribution in [0.25, 0.3) is 0 Å². The van der Waals surface area contributed by atoms with E-state index in [-0.39, 0.29) is 53.9 Å². The van der Waals surface area contributed by atoms with Crippen molar-refractivity contribution < 1.29 is 77.0 Å². The van der Waals surface area contributed by atoms with Crippen LogP contribution in [0.2, 0.25) is 0 Å². The van der Waals surface area contributed by atoms with E-state index >= 15 is 4.79 Å². The molecule has 3 fully saturated rings. The van der Waals surface area contributed by atoms with E-state index in [1.54, 1.807) is 147 Å². The molecule has 4 aliphatic rings. The van der Waals surface area contributed by atoms with Gasteiger partial charge in [-0.15, -0.1) is 0 Å². The number of aryl methyl sites for hydroxylation is 1. The normalized spacial score (nSPS) is 27.1. The van der Waals surface area contributed by atoms with Crippen molar-refractivity contribution in [3.05, 3.63) is 190 Å². The second-order valence-electron chi connectivity index (χ2n) is 21.7. The number of nitrogens with one attached hydrogen (secondary N) is 1. The van der Waals surface area contributed by atoms with Crippen LogP contribution in [0.4, 0.5) is 0 Å². The first-order valence-corrected chi connectivity index (χ1v) is 26.5. The molecular formula is C63H63NO16. The fourth-order valence-electron chi connectivity index (χ4n) is 12.4. The molecule has 3 unspecified atom stereocenters. The zero-order valence-electron chi connectivity index (χ0n) is 45.1. The maximum atomic E-state index is 16.4. The zero-order valence-corrected chi connectivity index (χ0v) is 45.1. The summed E-state index contributed by atoms with van der Waals surface area (Å²) in [5, 5.41) is 28.9. The molecule has 1 aliphatic heterocycles. The first-order valence-electron chi connectivity index (χ1n) is 26.5. The van der Waals surface area contributed by atoms with Crippen molar-refractivity contribution >= 4 is 47.3 Å². The molecule has 416 valence electrons. The summed E-state index contributed by atoms with van der Waals surface area (Å²) in [6.07, 6.45) is -11.2. The summed E-state index contributed by atoms with van der Waals surface area (Å²) in [6.45, 7) is 7.88. The third-order valence-corrected chi connectivity index (χ3v) is 16.6. The van der Waals surface area contributed by atoms with Gasteiger partial charge in [0, 0.05) is 55.2 Å². The number of carbonyl (C=O) groups excluding carboxylic acids is 8. The zero-order chi connectivity index (χ0) is 57.3. The van der Waals surface area contributed by atoms with Crippen LogP contribution in [-0.4, -0.2) is 112 Å². The molecule has 3 aliphatic carbocycles. The average Bonchev–Trinajstić information content (AvgIpc) is 2.24. The van der Waals surface area contributed by atoms with Crippen LogP contribution in [-0.2, 0) is 58.8 Å². The van der Waals surface area contributed by atoms with E-state index in [0.29, 0.717) is 22.3 Å². The van der Waals surface area contributed by atoms with Gasteiger partial charge in [-0.1, -0.05) is 129 Å². The van der Waals surface area contributed by atoms with Crippen molar-refractivity contribution in [1.82, 2.24) is 5.32 Å². The second-order valence-corrected chi connectivity index (χ2v) is 21.7. The molecule has 17 heteroatoms. The Bertz CT molecular complexity index is 3240. The molecule has 1 heterocycles. The molecule has 2 bridgehead atoms. The molecule has 1 amide bonds. The third kappa shape index (κ3) is 10.5. The Morgan fingerprint density at radius 1 is 0.713 bits per heavy atom. The fourth-order valence-corrected chi connectivity index (χ4v) is 12.4. The number of aliphatic hydroxyl groups is 2. The van der Waals surface area contributed by atoms with E-state index in [2.05, 4.69) is 5.32 Å². The number of benzene rings is 5. The van der Waals surface area contributed by atoms with E-state index in [0.717, 1.165) is 13.8 Å². The number of amides is 1.